The molecule has 196 valence electrons. The van der Waals surface area contributed by atoms with Crippen molar-refractivity contribution in [3.8, 4) is 11.5 Å². The molecule has 0 spiro atoms. The number of carbonyl (C=O) groups excluding carboxylic acids is 1. The van der Waals surface area contributed by atoms with Gasteiger partial charge >= 0.3 is 6.18 Å². The molecular weight excluding hydrogens is 475 g/mol. The van der Waals surface area contributed by atoms with Crippen molar-refractivity contribution in [1.82, 2.24) is 4.90 Å². The normalized spacial score (nSPS) is 15.1. The molecule has 1 fully saturated rings. The van der Waals surface area contributed by atoms with E-state index in [-0.39, 0.29) is 47.4 Å². The van der Waals surface area contributed by atoms with Crippen LogP contribution in [0.3, 0.4) is 0 Å². The highest BCUT2D eigenvalue weighted by atomic mass is 19.4. The lowest BCUT2D eigenvalue weighted by Gasteiger charge is -2.31. The van der Waals surface area contributed by atoms with Crippen LogP contribution in [-0.2, 0) is 11.0 Å². The molecule has 36 heavy (non-hydrogen) atoms. The smallest absolute Gasteiger partial charge is 0.420 e. The highest BCUT2D eigenvalue weighted by Crippen LogP contribution is 2.40. The number of anilines is 2. The Morgan fingerprint density at radius 1 is 1.25 bits per heavy atom. The first-order valence-electron chi connectivity index (χ1n) is 11.7. The van der Waals surface area contributed by atoms with Gasteiger partial charge in [-0.3, -0.25) is 10.2 Å². The summed E-state index contributed by atoms with van der Waals surface area (Å²) in [4.78, 5) is 16.4. The van der Waals surface area contributed by atoms with Crippen LogP contribution in [0.25, 0.3) is 0 Å². The van der Waals surface area contributed by atoms with Crippen LogP contribution in [0, 0.1) is 5.41 Å². The van der Waals surface area contributed by atoms with Gasteiger partial charge in [-0.15, -0.1) is 0 Å². The Hall–Kier alpha value is -3.47. The summed E-state index contributed by atoms with van der Waals surface area (Å²) in [7, 11) is 1.96. The minimum Gasteiger partial charge on any atom is -0.506 e. The predicted molar refractivity (Wildman–Crippen MR) is 133 cm³/mol. The number of alkyl halides is 3. The van der Waals surface area contributed by atoms with Crippen molar-refractivity contribution < 1.29 is 27.8 Å². The summed E-state index contributed by atoms with van der Waals surface area (Å²) in [6.45, 7) is 4.76. The molecular formula is C25H32F3N5O3. The number of ether oxygens (including phenoxy) is 1. The summed E-state index contributed by atoms with van der Waals surface area (Å²) in [6.07, 6.45) is -3.64. The molecule has 2 aromatic carbocycles. The van der Waals surface area contributed by atoms with Crippen molar-refractivity contribution in [2.24, 2.45) is 5.73 Å². The van der Waals surface area contributed by atoms with Gasteiger partial charge in [-0.2, -0.15) is 13.2 Å². The molecule has 0 saturated carbocycles. The number of phenols is 1. The molecule has 1 heterocycles. The molecule has 0 radical (unpaired) electrons. The Kier molecular flexibility index (Phi) is 8.34. The number of nitrogens with one attached hydrogen (secondary N) is 2. The van der Waals surface area contributed by atoms with Crippen LogP contribution >= 0.6 is 0 Å². The number of rotatable bonds is 8. The maximum absolute atomic E-state index is 14.0. The van der Waals surface area contributed by atoms with Crippen LogP contribution < -0.4 is 20.7 Å². The molecule has 0 bridgehead atoms. The van der Waals surface area contributed by atoms with Gasteiger partial charge < -0.3 is 30.7 Å². The zero-order valence-electron chi connectivity index (χ0n) is 20.5. The summed E-state index contributed by atoms with van der Waals surface area (Å²) in [5.41, 5.74) is 5.14. The molecule has 0 aliphatic carbocycles. The highest BCUT2D eigenvalue weighted by Gasteiger charge is 2.36. The third-order valence-corrected chi connectivity index (χ3v) is 6.08. The second kappa shape index (κ2) is 11.1. The summed E-state index contributed by atoms with van der Waals surface area (Å²) in [6, 6.07) is 7.60. The van der Waals surface area contributed by atoms with Crippen molar-refractivity contribution in [3.05, 3.63) is 47.5 Å². The molecule has 0 unspecified atom stereocenters. The number of phenolic OH excluding ortho intramolecular Hbond substituents is 1. The van der Waals surface area contributed by atoms with E-state index < -0.39 is 17.6 Å². The van der Waals surface area contributed by atoms with E-state index in [4.69, 9.17) is 15.9 Å². The van der Waals surface area contributed by atoms with Gasteiger partial charge in [-0.1, -0.05) is 0 Å². The van der Waals surface area contributed by atoms with E-state index in [1.165, 1.54) is 35.2 Å². The van der Waals surface area contributed by atoms with E-state index >= 15 is 0 Å². The third kappa shape index (κ3) is 6.81. The van der Waals surface area contributed by atoms with Crippen molar-refractivity contribution in [2.45, 2.75) is 45.0 Å². The lowest BCUT2D eigenvalue weighted by atomic mass is 10.1. The Balaban J connectivity index is 1.82. The number of nitrogens with two attached hydrogens (primary N) is 1. The first-order valence-corrected chi connectivity index (χ1v) is 11.7. The van der Waals surface area contributed by atoms with Crippen LogP contribution in [-0.4, -0.2) is 60.6 Å². The molecule has 2 aromatic rings. The minimum absolute atomic E-state index is 0.0502. The van der Waals surface area contributed by atoms with Gasteiger partial charge in [0.2, 0.25) is 5.91 Å². The second-order valence-corrected chi connectivity index (χ2v) is 9.21. The fourth-order valence-corrected chi connectivity index (χ4v) is 4.02. The first-order chi connectivity index (χ1) is 16.8. The average Bonchev–Trinajstić information content (AvgIpc) is 2.79. The van der Waals surface area contributed by atoms with Gasteiger partial charge in [0.25, 0.3) is 0 Å². The quantitative estimate of drug-likeness (QED) is 0.244. The SMILES string of the molecule is CC(C)N(CC(=O)Nc1cc(C(=N)N)ccc1O)c1ccc(OC2CCN(C)CC2)c(C(F)(F)F)c1. The molecule has 0 atom stereocenters. The summed E-state index contributed by atoms with van der Waals surface area (Å²) in [5, 5.41) is 20.1. The van der Waals surface area contributed by atoms with Crippen LogP contribution in [0.4, 0.5) is 24.5 Å². The molecule has 5 N–H and O–H groups in total. The van der Waals surface area contributed by atoms with E-state index in [1.807, 2.05) is 7.05 Å². The number of aromatic hydroxyl groups is 1. The van der Waals surface area contributed by atoms with E-state index in [0.29, 0.717) is 18.4 Å². The first kappa shape index (κ1) is 27.1. The Morgan fingerprint density at radius 2 is 1.92 bits per heavy atom. The summed E-state index contributed by atoms with van der Waals surface area (Å²) < 4.78 is 47.7. The molecule has 1 saturated heterocycles. The monoisotopic (exact) mass is 507 g/mol. The number of amides is 1. The zero-order valence-corrected chi connectivity index (χ0v) is 20.5. The summed E-state index contributed by atoms with van der Waals surface area (Å²) in [5.74, 6) is -1.24. The van der Waals surface area contributed by atoms with E-state index in [2.05, 4.69) is 10.2 Å². The molecule has 1 aliphatic heterocycles. The van der Waals surface area contributed by atoms with Crippen LogP contribution in [0.1, 0.15) is 37.8 Å². The Bertz CT molecular complexity index is 1100. The molecule has 3 rings (SSSR count). The number of benzene rings is 2. The Morgan fingerprint density at radius 3 is 2.50 bits per heavy atom. The van der Waals surface area contributed by atoms with Gasteiger partial charge in [0.15, 0.2) is 0 Å². The molecule has 1 aliphatic rings. The molecule has 1 amide bonds. The second-order valence-electron chi connectivity index (χ2n) is 9.21. The fourth-order valence-electron chi connectivity index (χ4n) is 4.02. The fraction of sp³-hybridized carbons (Fsp3) is 0.440. The minimum atomic E-state index is -4.64. The van der Waals surface area contributed by atoms with E-state index in [0.717, 1.165) is 19.2 Å². The lowest BCUT2D eigenvalue weighted by molar-refractivity contribution is -0.139. The zero-order chi connectivity index (χ0) is 26.6. The van der Waals surface area contributed by atoms with Crippen molar-refractivity contribution in [2.75, 3.05) is 36.9 Å². The van der Waals surface area contributed by atoms with E-state index in [9.17, 15) is 23.1 Å². The number of nitrogens with zero attached hydrogens (tertiary/aromatic N) is 2. The number of hydrogen-bond acceptors (Lipinski definition) is 6. The number of hydrogen-bond donors (Lipinski definition) is 4. The topological polar surface area (TPSA) is 115 Å². The standard InChI is InChI=1S/C25H32F3N5O3/c1-15(2)33(14-23(35)31-20-12-16(24(29)30)4-6-21(20)34)17-5-7-22(19(13-17)25(26,27)28)36-18-8-10-32(3)11-9-18/h4-7,12-13,15,18,34H,8-11,14H2,1-3H3,(H3,29,30)(H,31,35). The third-order valence-electron chi connectivity index (χ3n) is 6.08. The van der Waals surface area contributed by atoms with Gasteiger partial charge in [-0.05, 0) is 70.1 Å². The van der Waals surface area contributed by atoms with Gasteiger partial charge in [0, 0.05) is 30.4 Å². The van der Waals surface area contributed by atoms with Gasteiger partial charge in [0.1, 0.15) is 23.4 Å². The lowest BCUT2D eigenvalue weighted by Crippen LogP contribution is -2.38. The van der Waals surface area contributed by atoms with Crippen molar-refractivity contribution >= 4 is 23.1 Å². The molecule has 11 heteroatoms. The van der Waals surface area contributed by atoms with Gasteiger partial charge in [0.05, 0.1) is 17.8 Å². The number of nitrogen functional groups attached to an aromatic ring is 1. The number of piperidine rings is 1. The largest absolute Gasteiger partial charge is 0.506 e. The maximum Gasteiger partial charge on any atom is 0.420 e. The highest BCUT2D eigenvalue weighted by molar-refractivity contribution is 5.99. The Labute approximate surface area is 208 Å². The van der Waals surface area contributed by atoms with Crippen LogP contribution in [0.2, 0.25) is 0 Å². The number of halogens is 3. The van der Waals surface area contributed by atoms with Crippen LogP contribution in [0.15, 0.2) is 36.4 Å². The average molecular weight is 508 g/mol. The predicted octanol–water partition coefficient (Wildman–Crippen LogP) is 4.02. The number of amidine groups is 1. The number of likely N-dealkylation sites (tertiary alicyclic amines) is 1. The number of carbonyl (C=O) groups is 1. The van der Waals surface area contributed by atoms with Crippen molar-refractivity contribution in [3.63, 3.8) is 0 Å². The van der Waals surface area contributed by atoms with E-state index in [1.54, 1.807) is 13.8 Å². The summed E-state index contributed by atoms with van der Waals surface area (Å²) >= 11 is 0. The van der Waals surface area contributed by atoms with Crippen LogP contribution in [0.5, 0.6) is 11.5 Å². The van der Waals surface area contributed by atoms with Gasteiger partial charge in [-0.25, -0.2) is 0 Å². The molecule has 8 nitrogen and oxygen atoms in total. The van der Waals surface area contributed by atoms with Crippen molar-refractivity contribution in [1.29, 1.82) is 5.41 Å². The molecule has 0 aromatic heterocycles. The maximum atomic E-state index is 14.0.